The Balaban J connectivity index is 1.80. The molecule has 2 aromatic carbocycles. The summed E-state index contributed by atoms with van der Waals surface area (Å²) in [4.78, 5) is 27.3. The molecule has 1 fully saturated rings. The number of hydrogen-bond donors (Lipinski definition) is 2. The summed E-state index contributed by atoms with van der Waals surface area (Å²) in [6.45, 7) is 2.68. The number of phenolic OH excluding ortho intramolecular Hbond substituents is 1. The fourth-order valence-corrected chi connectivity index (χ4v) is 4.26. The van der Waals surface area contributed by atoms with E-state index in [2.05, 4.69) is 0 Å². The minimum atomic E-state index is -0.799. The predicted octanol–water partition coefficient (Wildman–Crippen LogP) is 3.17. The van der Waals surface area contributed by atoms with E-state index in [1.54, 1.807) is 37.4 Å². The average Bonchev–Trinajstić information content (AvgIpc) is 3.24. The molecule has 1 saturated heterocycles. The Bertz CT molecular complexity index is 1060. The van der Waals surface area contributed by atoms with E-state index in [1.165, 1.54) is 17.0 Å². The highest BCUT2D eigenvalue weighted by Gasteiger charge is 2.46. The monoisotopic (exact) mass is 423 g/mol. The second-order valence-electron chi connectivity index (χ2n) is 7.89. The van der Waals surface area contributed by atoms with Crippen molar-refractivity contribution >= 4 is 17.4 Å². The lowest BCUT2D eigenvalue weighted by Crippen LogP contribution is -2.31. The summed E-state index contributed by atoms with van der Waals surface area (Å²) in [7, 11) is 1.57. The maximum Gasteiger partial charge on any atom is 0.295 e. The third-order valence-corrected chi connectivity index (χ3v) is 5.64. The van der Waals surface area contributed by atoms with Gasteiger partial charge in [-0.3, -0.25) is 9.59 Å². The van der Waals surface area contributed by atoms with Crippen molar-refractivity contribution in [2.75, 3.05) is 20.3 Å². The number of carbonyl (C=O) groups excluding carboxylic acids is 2. The number of aromatic hydroxyl groups is 1. The normalized spacial score (nSPS) is 21.9. The molecule has 0 saturated carbocycles. The summed E-state index contributed by atoms with van der Waals surface area (Å²) in [6, 6.07) is 10.8. The summed E-state index contributed by atoms with van der Waals surface area (Å²) < 4.78 is 10.8. The fourth-order valence-electron chi connectivity index (χ4n) is 4.26. The fraction of sp³-hybridized carbons (Fsp3) is 0.333. The van der Waals surface area contributed by atoms with Gasteiger partial charge in [0.05, 0.1) is 11.6 Å². The van der Waals surface area contributed by atoms with Crippen LogP contribution < -0.4 is 4.74 Å². The van der Waals surface area contributed by atoms with Gasteiger partial charge in [-0.1, -0.05) is 12.1 Å². The van der Waals surface area contributed by atoms with E-state index in [0.29, 0.717) is 30.6 Å². The molecular weight excluding hydrogens is 398 g/mol. The number of phenols is 1. The van der Waals surface area contributed by atoms with E-state index in [-0.39, 0.29) is 29.7 Å². The molecule has 0 aromatic heterocycles. The van der Waals surface area contributed by atoms with Gasteiger partial charge in [0.25, 0.3) is 11.7 Å². The average molecular weight is 423 g/mol. The van der Waals surface area contributed by atoms with Crippen molar-refractivity contribution in [3.05, 3.63) is 64.7 Å². The lowest BCUT2D eigenvalue weighted by Gasteiger charge is -2.25. The van der Waals surface area contributed by atoms with Crippen LogP contribution in [0, 0.1) is 0 Å². The third-order valence-electron chi connectivity index (χ3n) is 5.64. The molecule has 7 nitrogen and oxygen atoms in total. The molecule has 2 aliphatic rings. The molecule has 162 valence electrons. The molecule has 0 aliphatic carbocycles. The Morgan fingerprint density at radius 1 is 1.23 bits per heavy atom. The second kappa shape index (κ2) is 8.43. The largest absolute Gasteiger partial charge is 0.508 e. The van der Waals surface area contributed by atoms with Gasteiger partial charge in [-0.05, 0) is 54.8 Å². The summed E-state index contributed by atoms with van der Waals surface area (Å²) in [5.74, 6) is -0.877. The number of nitrogens with zero attached hydrogens (tertiary/aromatic N) is 1. The van der Waals surface area contributed by atoms with Crippen molar-refractivity contribution in [1.82, 2.24) is 4.90 Å². The first-order chi connectivity index (χ1) is 14.9. The molecule has 1 amide bonds. The molecule has 2 heterocycles. The van der Waals surface area contributed by atoms with Crippen molar-refractivity contribution < 1.29 is 29.3 Å². The number of rotatable bonds is 6. The molecule has 2 aromatic rings. The number of Topliss-reactive ketones (excluding diaryl/α,β-unsaturated/α-hetero) is 1. The molecule has 0 unspecified atom stereocenters. The molecule has 4 rings (SSSR count). The standard InChI is InChI=1S/C24H25NO6/c1-14-11-17-12-16(7-8-19(17)31-14)22(27)20-21(15-5-3-6-18(26)13-15)25(9-4-10-30-2)24(29)23(20)28/h3,5-8,12-14,21,26-27H,4,9-11H2,1-2H3/t14-,21+/m0/s1. The zero-order valence-electron chi connectivity index (χ0n) is 17.5. The van der Waals surface area contributed by atoms with Crippen LogP contribution in [0.5, 0.6) is 11.5 Å². The Morgan fingerprint density at radius 2 is 2.03 bits per heavy atom. The number of methoxy groups -OCH3 is 1. The number of likely N-dealkylation sites (tertiary alicyclic amines) is 1. The number of fused-ring (bicyclic) bond motifs is 1. The predicted molar refractivity (Wildman–Crippen MR) is 114 cm³/mol. The van der Waals surface area contributed by atoms with Gasteiger partial charge in [0.15, 0.2) is 0 Å². The van der Waals surface area contributed by atoms with Gasteiger partial charge in [-0.15, -0.1) is 0 Å². The van der Waals surface area contributed by atoms with Crippen molar-refractivity contribution in [3.8, 4) is 11.5 Å². The minimum Gasteiger partial charge on any atom is -0.508 e. The Kier molecular flexibility index (Phi) is 5.69. The molecule has 2 N–H and O–H groups in total. The minimum absolute atomic E-state index is 0.0138. The van der Waals surface area contributed by atoms with Crippen LogP contribution in [0.2, 0.25) is 0 Å². The molecule has 0 bridgehead atoms. The quantitative estimate of drug-likeness (QED) is 0.321. The van der Waals surface area contributed by atoms with Crippen LogP contribution in [-0.2, 0) is 20.7 Å². The first-order valence-corrected chi connectivity index (χ1v) is 10.3. The number of aliphatic hydroxyl groups is 1. The van der Waals surface area contributed by atoms with Gasteiger partial charge in [0.1, 0.15) is 23.4 Å². The van der Waals surface area contributed by atoms with Gasteiger partial charge < -0.3 is 24.6 Å². The number of ketones is 1. The summed E-state index contributed by atoms with van der Waals surface area (Å²) >= 11 is 0. The Labute approximate surface area is 180 Å². The number of ether oxygens (including phenoxy) is 2. The first kappa shape index (κ1) is 20.9. The van der Waals surface area contributed by atoms with Crippen LogP contribution in [0.15, 0.2) is 48.0 Å². The number of amides is 1. The first-order valence-electron chi connectivity index (χ1n) is 10.3. The van der Waals surface area contributed by atoms with Crippen LogP contribution in [0.4, 0.5) is 0 Å². The lowest BCUT2D eigenvalue weighted by atomic mass is 9.94. The van der Waals surface area contributed by atoms with Gasteiger partial charge in [0.2, 0.25) is 0 Å². The molecule has 7 heteroatoms. The maximum absolute atomic E-state index is 13.0. The van der Waals surface area contributed by atoms with Crippen LogP contribution in [0.3, 0.4) is 0 Å². The number of carbonyl (C=O) groups is 2. The van der Waals surface area contributed by atoms with Gasteiger partial charge in [-0.25, -0.2) is 0 Å². The van der Waals surface area contributed by atoms with Crippen molar-refractivity contribution in [1.29, 1.82) is 0 Å². The van der Waals surface area contributed by atoms with E-state index in [9.17, 15) is 19.8 Å². The zero-order valence-corrected chi connectivity index (χ0v) is 17.5. The molecule has 2 aliphatic heterocycles. The second-order valence-corrected chi connectivity index (χ2v) is 7.89. The summed E-state index contributed by atoms with van der Waals surface area (Å²) in [5, 5.41) is 21.1. The van der Waals surface area contributed by atoms with E-state index in [4.69, 9.17) is 9.47 Å². The highest BCUT2D eigenvalue weighted by atomic mass is 16.5. The van der Waals surface area contributed by atoms with Crippen LogP contribution in [0.1, 0.15) is 36.1 Å². The van der Waals surface area contributed by atoms with Crippen LogP contribution in [-0.4, -0.2) is 53.2 Å². The van der Waals surface area contributed by atoms with Crippen LogP contribution in [0.25, 0.3) is 5.76 Å². The van der Waals surface area contributed by atoms with Gasteiger partial charge in [0, 0.05) is 32.2 Å². The van der Waals surface area contributed by atoms with Crippen molar-refractivity contribution in [3.63, 3.8) is 0 Å². The zero-order chi connectivity index (χ0) is 22.1. The molecule has 0 spiro atoms. The lowest BCUT2D eigenvalue weighted by molar-refractivity contribution is -0.140. The van der Waals surface area contributed by atoms with Crippen LogP contribution >= 0.6 is 0 Å². The molecular formula is C24H25NO6. The van der Waals surface area contributed by atoms with E-state index in [1.807, 2.05) is 6.92 Å². The highest BCUT2D eigenvalue weighted by molar-refractivity contribution is 6.46. The smallest absolute Gasteiger partial charge is 0.295 e. The molecule has 0 radical (unpaired) electrons. The number of aliphatic hydroxyl groups excluding tert-OH is 1. The van der Waals surface area contributed by atoms with E-state index in [0.717, 1.165) is 11.3 Å². The SMILES string of the molecule is COCCCN1C(=O)C(=O)C(=C(O)c2ccc3c(c2)C[C@H](C)O3)[C@H]1c1cccc(O)c1. The Hall–Kier alpha value is -3.32. The Morgan fingerprint density at radius 3 is 2.77 bits per heavy atom. The van der Waals surface area contributed by atoms with Crippen molar-refractivity contribution in [2.24, 2.45) is 0 Å². The summed E-state index contributed by atoms with van der Waals surface area (Å²) in [5.41, 5.74) is 1.97. The van der Waals surface area contributed by atoms with Gasteiger partial charge in [-0.2, -0.15) is 0 Å². The highest BCUT2D eigenvalue weighted by Crippen LogP contribution is 2.41. The summed E-state index contributed by atoms with van der Waals surface area (Å²) in [6.07, 6.45) is 1.29. The van der Waals surface area contributed by atoms with Crippen molar-refractivity contribution in [2.45, 2.75) is 31.9 Å². The van der Waals surface area contributed by atoms with E-state index >= 15 is 0 Å². The van der Waals surface area contributed by atoms with E-state index < -0.39 is 17.7 Å². The molecule has 2 atom stereocenters. The van der Waals surface area contributed by atoms with Gasteiger partial charge >= 0.3 is 0 Å². The third kappa shape index (κ3) is 3.88. The number of benzene rings is 2. The molecule has 31 heavy (non-hydrogen) atoms. The maximum atomic E-state index is 13.0. The topological polar surface area (TPSA) is 96.3 Å². The number of hydrogen-bond acceptors (Lipinski definition) is 6.